The third kappa shape index (κ3) is 3.16. The number of oxime groups is 1. The number of benzene rings is 1. The Labute approximate surface area is 110 Å². The fourth-order valence-electron chi connectivity index (χ4n) is 1.58. The van der Waals surface area contributed by atoms with Gasteiger partial charge >= 0.3 is 0 Å². The minimum absolute atomic E-state index is 0.233. The molecule has 0 saturated carbocycles. The lowest BCUT2D eigenvalue weighted by molar-refractivity contribution is 0.102. The lowest BCUT2D eigenvalue weighted by Gasteiger charge is -2.06. The molecule has 0 unspecified atom stereocenters. The topological polar surface area (TPSA) is 74.6 Å². The molecule has 1 aromatic heterocycles. The highest BCUT2D eigenvalue weighted by atomic mass is 16.4. The Hall–Kier alpha value is -2.69. The molecule has 1 heterocycles. The summed E-state index contributed by atoms with van der Waals surface area (Å²) in [6.45, 7) is 1.68. The second kappa shape index (κ2) is 5.77. The van der Waals surface area contributed by atoms with Gasteiger partial charge in [-0.2, -0.15) is 0 Å². The molecule has 2 aromatic rings. The van der Waals surface area contributed by atoms with Crippen LogP contribution in [0.4, 0.5) is 5.69 Å². The fraction of sp³-hybridized carbons (Fsp3) is 0.0714. The van der Waals surface area contributed by atoms with Crippen LogP contribution in [0.15, 0.2) is 53.9 Å². The Bertz CT molecular complexity index is 609. The molecule has 2 rings (SSSR count). The summed E-state index contributed by atoms with van der Waals surface area (Å²) < 4.78 is 0. The van der Waals surface area contributed by atoms with Gasteiger partial charge in [-0.05, 0) is 31.2 Å². The van der Waals surface area contributed by atoms with Gasteiger partial charge in [-0.15, -0.1) is 0 Å². The number of amides is 1. The van der Waals surface area contributed by atoms with Crippen LogP contribution in [0, 0.1) is 0 Å². The van der Waals surface area contributed by atoms with Gasteiger partial charge in [-0.3, -0.25) is 9.78 Å². The standard InChI is InChI=1S/C14H13N3O2/c1-10(17-19)11-4-2-6-13(8-11)16-14(18)12-5-3-7-15-9-12/h2-9,19H,1H3,(H,16,18)/b17-10+. The minimum atomic E-state index is -0.233. The number of pyridine rings is 1. The van der Waals surface area contributed by atoms with Crippen LogP contribution in [-0.2, 0) is 0 Å². The molecule has 2 N–H and O–H groups in total. The van der Waals surface area contributed by atoms with Gasteiger partial charge in [0.15, 0.2) is 0 Å². The number of nitrogens with one attached hydrogen (secondary N) is 1. The molecule has 1 aromatic carbocycles. The second-order valence-corrected chi connectivity index (χ2v) is 3.96. The number of anilines is 1. The summed E-state index contributed by atoms with van der Waals surface area (Å²) in [6.07, 6.45) is 3.11. The normalized spacial score (nSPS) is 11.1. The molecule has 96 valence electrons. The lowest BCUT2D eigenvalue weighted by Crippen LogP contribution is -2.12. The quantitative estimate of drug-likeness (QED) is 0.502. The van der Waals surface area contributed by atoms with Crippen LogP contribution in [0.1, 0.15) is 22.8 Å². The van der Waals surface area contributed by atoms with Crippen molar-refractivity contribution in [1.29, 1.82) is 0 Å². The zero-order valence-corrected chi connectivity index (χ0v) is 10.4. The summed E-state index contributed by atoms with van der Waals surface area (Å²) in [5, 5.41) is 14.6. The highest BCUT2D eigenvalue weighted by molar-refractivity contribution is 6.05. The maximum absolute atomic E-state index is 11.9. The largest absolute Gasteiger partial charge is 0.411 e. The van der Waals surface area contributed by atoms with Gasteiger partial charge in [0.25, 0.3) is 5.91 Å². The van der Waals surface area contributed by atoms with Crippen LogP contribution in [0.25, 0.3) is 0 Å². The first-order chi connectivity index (χ1) is 9.20. The van der Waals surface area contributed by atoms with Gasteiger partial charge in [0.1, 0.15) is 0 Å². The van der Waals surface area contributed by atoms with E-state index in [1.54, 1.807) is 49.5 Å². The predicted molar refractivity (Wildman–Crippen MR) is 72.6 cm³/mol. The second-order valence-electron chi connectivity index (χ2n) is 3.96. The van der Waals surface area contributed by atoms with E-state index in [0.29, 0.717) is 17.0 Å². The Balaban J connectivity index is 2.18. The smallest absolute Gasteiger partial charge is 0.257 e. The summed E-state index contributed by atoms with van der Waals surface area (Å²) in [5.74, 6) is -0.233. The summed E-state index contributed by atoms with van der Waals surface area (Å²) in [7, 11) is 0. The monoisotopic (exact) mass is 255 g/mol. The zero-order chi connectivity index (χ0) is 13.7. The summed E-state index contributed by atoms with van der Waals surface area (Å²) >= 11 is 0. The van der Waals surface area contributed by atoms with Crippen LogP contribution in [-0.4, -0.2) is 21.8 Å². The van der Waals surface area contributed by atoms with E-state index in [2.05, 4.69) is 15.5 Å². The maximum atomic E-state index is 11.9. The molecule has 0 aliphatic heterocycles. The van der Waals surface area contributed by atoms with Crippen molar-refractivity contribution in [1.82, 2.24) is 4.98 Å². The number of hydrogen-bond acceptors (Lipinski definition) is 4. The van der Waals surface area contributed by atoms with Crippen molar-refractivity contribution in [3.05, 3.63) is 59.9 Å². The average molecular weight is 255 g/mol. The van der Waals surface area contributed by atoms with Crippen molar-refractivity contribution in [2.24, 2.45) is 5.16 Å². The number of aromatic nitrogens is 1. The molecule has 5 heteroatoms. The molecule has 0 atom stereocenters. The molecule has 0 aliphatic rings. The van der Waals surface area contributed by atoms with Gasteiger partial charge < -0.3 is 10.5 Å². The predicted octanol–water partition coefficient (Wildman–Crippen LogP) is 2.53. The number of carbonyl (C=O) groups excluding carboxylic acids is 1. The summed E-state index contributed by atoms with van der Waals surface area (Å²) in [4.78, 5) is 15.8. The Kier molecular flexibility index (Phi) is 3.87. The fourth-order valence-corrected chi connectivity index (χ4v) is 1.58. The molecule has 0 spiro atoms. The highest BCUT2D eigenvalue weighted by Crippen LogP contribution is 2.13. The van der Waals surface area contributed by atoms with Crippen molar-refractivity contribution in [3.8, 4) is 0 Å². The zero-order valence-electron chi connectivity index (χ0n) is 10.4. The van der Waals surface area contributed by atoms with Gasteiger partial charge in [0.2, 0.25) is 0 Å². The van der Waals surface area contributed by atoms with E-state index >= 15 is 0 Å². The Morgan fingerprint density at radius 3 is 2.74 bits per heavy atom. The van der Waals surface area contributed by atoms with Gasteiger partial charge in [-0.25, -0.2) is 0 Å². The number of rotatable bonds is 3. The minimum Gasteiger partial charge on any atom is -0.411 e. The van der Waals surface area contributed by atoms with Crippen molar-refractivity contribution < 1.29 is 10.0 Å². The van der Waals surface area contributed by atoms with Crippen molar-refractivity contribution in [2.45, 2.75) is 6.92 Å². The van der Waals surface area contributed by atoms with Crippen LogP contribution < -0.4 is 5.32 Å². The first kappa shape index (κ1) is 12.8. The van der Waals surface area contributed by atoms with Crippen molar-refractivity contribution in [3.63, 3.8) is 0 Å². The third-order valence-electron chi connectivity index (χ3n) is 2.61. The van der Waals surface area contributed by atoms with Gasteiger partial charge in [0.05, 0.1) is 11.3 Å². The van der Waals surface area contributed by atoms with E-state index in [1.807, 2.05) is 0 Å². The molecule has 19 heavy (non-hydrogen) atoms. The number of carbonyl (C=O) groups is 1. The average Bonchev–Trinajstić information content (AvgIpc) is 2.47. The maximum Gasteiger partial charge on any atom is 0.257 e. The van der Waals surface area contributed by atoms with E-state index in [1.165, 1.54) is 6.20 Å². The molecule has 0 radical (unpaired) electrons. The molecular formula is C14H13N3O2. The van der Waals surface area contributed by atoms with Crippen LogP contribution in [0.3, 0.4) is 0 Å². The number of nitrogens with zero attached hydrogens (tertiary/aromatic N) is 2. The first-order valence-electron chi connectivity index (χ1n) is 5.71. The summed E-state index contributed by atoms with van der Waals surface area (Å²) in [5.41, 5.74) is 2.35. The lowest BCUT2D eigenvalue weighted by atomic mass is 10.1. The van der Waals surface area contributed by atoms with E-state index in [-0.39, 0.29) is 5.91 Å². The first-order valence-corrected chi connectivity index (χ1v) is 5.71. The highest BCUT2D eigenvalue weighted by Gasteiger charge is 2.06. The molecule has 5 nitrogen and oxygen atoms in total. The van der Waals surface area contributed by atoms with E-state index < -0.39 is 0 Å². The van der Waals surface area contributed by atoms with Crippen LogP contribution >= 0.6 is 0 Å². The van der Waals surface area contributed by atoms with Crippen LogP contribution in [0.5, 0.6) is 0 Å². The Morgan fingerprint density at radius 2 is 2.05 bits per heavy atom. The van der Waals surface area contributed by atoms with E-state index in [9.17, 15) is 4.79 Å². The third-order valence-corrected chi connectivity index (χ3v) is 2.61. The van der Waals surface area contributed by atoms with E-state index in [4.69, 9.17) is 5.21 Å². The van der Waals surface area contributed by atoms with Crippen molar-refractivity contribution >= 4 is 17.3 Å². The van der Waals surface area contributed by atoms with E-state index in [0.717, 1.165) is 5.56 Å². The van der Waals surface area contributed by atoms with Gasteiger partial charge in [-0.1, -0.05) is 17.3 Å². The molecule has 0 bridgehead atoms. The molecule has 1 amide bonds. The van der Waals surface area contributed by atoms with Gasteiger partial charge in [0, 0.05) is 23.6 Å². The Morgan fingerprint density at radius 1 is 1.26 bits per heavy atom. The van der Waals surface area contributed by atoms with Crippen molar-refractivity contribution in [2.75, 3.05) is 5.32 Å². The summed E-state index contributed by atoms with van der Waals surface area (Å²) in [6, 6.07) is 10.5. The molecule has 0 saturated heterocycles. The molecule has 0 aliphatic carbocycles. The van der Waals surface area contributed by atoms with Crippen LogP contribution in [0.2, 0.25) is 0 Å². The molecule has 0 fully saturated rings. The SMILES string of the molecule is C/C(=N\O)c1cccc(NC(=O)c2cccnc2)c1. The number of hydrogen-bond donors (Lipinski definition) is 2. The molecular weight excluding hydrogens is 242 g/mol.